The molecule has 2 N–H and O–H groups in total. The number of hydrogen-bond acceptors (Lipinski definition) is 8. The van der Waals surface area contributed by atoms with Crippen LogP contribution in [-0.4, -0.2) is 52.6 Å². The van der Waals surface area contributed by atoms with Gasteiger partial charge in [0.15, 0.2) is 23.0 Å². The second-order valence-electron chi connectivity index (χ2n) is 6.10. The third-order valence-electron chi connectivity index (χ3n) is 4.22. The normalized spacial score (nSPS) is 10.0. The smallest absolute Gasteiger partial charge is 0.203 e. The Balaban J connectivity index is 2.11. The van der Waals surface area contributed by atoms with E-state index in [0.29, 0.717) is 62.3 Å². The number of benzene rings is 2. The number of methoxy groups -OCH3 is 6. The van der Waals surface area contributed by atoms with Crippen LogP contribution in [0.4, 0.5) is 11.4 Å². The van der Waals surface area contributed by atoms with E-state index >= 15 is 0 Å². The van der Waals surface area contributed by atoms with E-state index in [0.717, 1.165) is 0 Å². The van der Waals surface area contributed by atoms with Crippen molar-refractivity contribution in [3.05, 3.63) is 24.3 Å². The third kappa shape index (κ3) is 6.02. The number of ether oxygens (including phenoxy) is 6. The highest BCUT2D eigenvalue weighted by Gasteiger charge is 2.16. The molecule has 2 rings (SSSR count). The van der Waals surface area contributed by atoms with Gasteiger partial charge in [0.25, 0.3) is 0 Å². The van der Waals surface area contributed by atoms with Gasteiger partial charge in [0.05, 0.1) is 52.6 Å². The molecule has 2 aromatic carbocycles. The fourth-order valence-electron chi connectivity index (χ4n) is 2.86. The van der Waals surface area contributed by atoms with Gasteiger partial charge in [0.2, 0.25) is 11.5 Å². The van der Waals surface area contributed by atoms with Gasteiger partial charge in [-0.15, -0.1) is 0 Å². The number of thiocarbonyl (C=S) groups is 2. The number of anilines is 2. The molecular weight excluding hydrogens is 440 g/mol. The standard InChI is InChI=1S/C21H26N2O6S2/c1-24-14-7-12(8-15(25-2)20(14)28-5)22-18(30)11-19(31)23-13-9-16(26-3)21(29-6)17(10-13)27-4/h7-10H,11H2,1-6H3,(H,22,30)(H,23,31). The van der Waals surface area contributed by atoms with E-state index in [1.54, 1.807) is 66.9 Å². The van der Waals surface area contributed by atoms with Gasteiger partial charge in [-0.1, -0.05) is 24.4 Å². The molecule has 0 heterocycles. The Morgan fingerprint density at radius 1 is 0.581 bits per heavy atom. The van der Waals surface area contributed by atoms with Crippen LogP contribution in [0.5, 0.6) is 34.5 Å². The lowest BCUT2D eigenvalue weighted by molar-refractivity contribution is 0.324. The largest absolute Gasteiger partial charge is 0.493 e. The van der Waals surface area contributed by atoms with E-state index in [1.807, 2.05) is 0 Å². The van der Waals surface area contributed by atoms with Crippen LogP contribution >= 0.6 is 24.4 Å². The molecule has 0 bridgehead atoms. The summed E-state index contributed by atoms with van der Waals surface area (Å²) >= 11 is 10.9. The predicted molar refractivity (Wildman–Crippen MR) is 129 cm³/mol. The molecule has 0 aliphatic heterocycles. The highest BCUT2D eigenvalue weighted by Crippen LogP contribution is 2.41. The Labute approximate surface area is 192 Å². The van der Waals surface area contributed by atoms with Crippen LogP contribution in [0, 0.1) is 0 Å². The van der Waals surface area contributed by atoms with Crippen LogP contribution in [0.3, 0.4) is 0 Å². The van der Waals surface area contributed by atoms with Crippen LogP contribution in [0.15, 0.2) is 24.3 Å². The first kappa shape index (κ1) is 24.3. The van der Waals surface area contributed by atoms with Crippen molar-refractivity contribution in [3.8, 4) is 34.5 Å². The van der Waals surface area contributed by atoms with Gasteiger partial charge < -0.3 is 39.1 Å². The molecule has 10 heteroatoms. The Morgan fingerprint density at radius 3 is 1.10 bits per heavy atom. The Bertz CT molecular complexity index is 826. The second kappa shape index (κ2) is 11.4. The molecule has 0 aromatic heterocycles. The number of hydrogen-bond donors (Lipinski definition) is 2. The summed E-state index contributed by atoms with van der Waals surface area (Å²) in [5, 5.41) is 6.28. The summed E-state index contributed by atoms with van der Waals surface area (Å²) in [4.78, 5) is 1.03. The molecule has 0 aliphatic carbocycles. The molecule has 0 saturated carbocycles. The Hall–Kier alpha value is -2.98. The molecule has 0 fully saturated rings. The zero-order chi connectivity index (χ0) is 23.0. The molecule has 0 radical (unpaired) electrons. The van der Waals surface area contributed by atoms with Crippen molar-refractivity contribution in [2.45, 2.75) is 6.42 Å². The SMILES string of the molecule is COc1cc(NC(=S)CC(=S)Nc2cc(OC)c(OC)c(OC)c2)cc(OC)c1OC. The Morgan fingerprint density at radius 2 is 0.871 bits per heavy atom. The average molecular weight is 467 g/mol. The zero-order valence-corrected chi connectivity index (χ0v) is 19.9. The van der Waals surface area contributed by atoms with Crippen molar-refractivity contribution in [2.75, 3.05) is 53.3 Å². The van der Waals surface area contributed by atoms with Gasteiger partial charge in [-0.05, 0) is 0 Å². The van der Waals surface area contributed by atoms with Crippen LogP contribution in [0.2, 0.25) is 0 Å². The van der Waals surface area contributed by atoms with Crippen molar-refractivity contribution >= 4 is 45.8 Å². The zero-order valence-electron chi connectivity index (χ0n) is 18.3. The number of nitrogens with one attached hydrogen (secondary N) is 2. The van der Waals surface area contributed by atoms with E-state index in [9.17, 15) is 0 Å². The first-order valence-corrected chi connectivity index (χ1v) is 9.92. The van der Waals surface area contributed by atoms with Gasteiger partial charge in [-0.3, -0.25) is 0 Å². The van der Waals surface area contributed by atoms with Crippen LogP contribution in [0.1, 0.15) is 6.42 Å². The molecule has 0 atom stereocenters. The van der Waals surface area contributed by atoms with Gasteiger partial charge >= 0.3 is 0 Å². The molecule has 0 spiro atoms. The quantitative estimate of drug-likeness (QED) is 0.495. The van der Waals surface area contributed by atoms with Gasteiger partial charge in [-0.2, -0.15) is 0 Å². The monoisotopic (exact) mass is 466 g/mol. The maximum Gasteiger partial charge on any atom is 0.203 e. The molecule has 2 aromatic rings. The van der Waals surface area contributed by atoms with Gasteiger partial charge in [0.1, 0.15) is 0 Å². The van der Waals surface area contributed by atoms with Crippen molar-refractivity contribution in [2.24, 2.45) is 0 Å². The molecule has 0 amide bonds. The van der Waals surface area contributed by atoms with Crippen molar-refractivity contribution in [1.29, 1.82) is 0 Å². The van der Waals surface area contributed by atoms with E-state index in [2.05, 4.69) is 10.6 Å². The Kier molecular flexibility index (Phi) is 8.95. The molecule has 8 nitrogen and oxygen atoms in total. The van der Waals surface area contributed by atoms with E-state index in [1.165, 1.54) is 0 Å². The summed E-state index contributed by atoms with van der Waals surface area (Å²) in [5.74, 6) is 3.08. The molecule has 31 heavy (non-hydrogen) atoms. The molecule has 0 unspecified atom stereocenters. The first-order chi connectivity index (χ1) is 14.9. The summed E-state index contributed by atoms with van der Waals surface area (Å²) in [6.07, 6.45) is 0.317. The minimum atomic E-state index is 0.317. The summed E-state index contributed by atoms with van der Waals surface area (Å²) in [5.41, 5.74) is 1.38. The topological polar surface area (TPSA) is 79.4 Å². The van der Waals surface area contributed by atoms with Crippen molar-refractivity contribution in [3.63, 3.8) is 0 Å². The van der Waals surface area contributed by atoms with Crippen LogP contribution in [0.25, 0.3) is 0 Å². The van der Waals surface area contributed by atoms with E-state index in [-0.39, 0.29) is 0 Å². The lowest BCUT2D eigenvalue weighted by Gasteiger charge is -2.17. The minimum Gasteiger partial charge on any atom is -0.493 e. The molecule has 168 valence electrons. The first-order valence-electron chi connectivity index (χ1n) is 9.10. The third-order valence-corrected chi connectivity index (χ3v) is 4.71. The van der Waals surface area contributed by atoms with E-state index in [4.69, 9.17) is 52.9 Å². The lowest BCUT2D eigenvalue weighted by Crippen LogP contribution is -2.19. The maximum atomic E-state index is 5.46. The second-order valence-corrected chi connectivity index (χ2v) is 7.09. The fourth-order valence-corrected chi connectivity index (χ4v) is 3.48. The summed E-state index contributed by atoms with van der Waals surface area (Å²) in [7, 11) is 9.30. The fraction of sp³-hybridized carbons (Fsp3) is 0.333. The van der Waals surface area contributed by atoms with Crippen molar-refractivity contribution < 1.29 is 28.4 Å². The average Bonchev–Trinajstić information content (AvgIpc) is 2.77. The molecule has 0 aliphatic rings. The van der Waals surface area contributed by atoms with Crippen molar-refractivity contribution in [1.82, 2.24) is 0 Å². The molecular formula is C21H26N2O6S2. The maximum absolute atomic E-state index is 5.46. The van der Waals surface area contributed by atoms with Gasteiger partial charge in [-0.25, -0.2) is 0 Å². The van der Waals surface area contributed by atoms with Gasteiger partial charge in [0, 0.05) is 42.1 Å². The highest BCUT2D eigenvalue weighted by atomic mass is 32.1. The summed E-state index contributed by atoms with van der Waals surface area (Å²) in [6, 6.07) is 7.07. The highest BCUT2D eigenvalue weighted by molar-refractivity contribution is 7.82. The predicted octanol–water partition coefficient (Wildman–Crippen LogP) is 4.31. The number of rotatable bonds is 10. The summed E-state index contributed by atoms with van der Waals surface area (Å²) in [6.45, 7) is 0. The molecule has 0 saturated heterocycles. The van der Waals surface area contributed by atoms with Crippen LogP contribution < -0.4 is 39.1 Å². The summed E-state index contributed by atoms with van der Waals surface area (Å²) < 4.78 is 32.1. The van der Waals surface area contributed by atoms with Crippen LogP contribution in [-0.2, 0) is 0 Å². The minimum absolute atomic E-state index is 0.317. The van der Waals surface area contributed by atoms with E-state index < -0.39 is 0 Å². The lowest BCUT2D eigenvalue weighted by atomic mass is 10.2.